The Morgan fingerprint density at radius 3 is 2.75 bits per heavy atom. The molecule has 0 radical (unpaired) electrons. The van der Waals surface area contributed by atoms with Crippen molar-refractivity contribution in [3.05, 3.63) is 59.7 Å². The zero-order valence-electron chi connectivity index (χ0n) is 13.7. The highest BCUT2D eigenvalue weighted by atomic mass is 32.2. The molecule has 0 spiro atoms. The van der Waals surface area contributed by atoms with Crippen LogP contribution in [0.1, 0.15) is 35.9 Å². The number of likely N-dealkylation sites (tertiary alicyclic amines) is 1. The fraction of sp³-hybridized carbons (Fsp3) is 0.368. The van der Waals surface area contributed by atoms with Gasteiger partial charge in [0.15, 0.2) is 0 Å². The van der Waals surface area contributed by atoms with E-state index in [0.29, 0.717) is 17.4 Å². The second kappa shape index (κ2) is 7.79. The first-order valence-corrected chi connectivity index (χ1v) is 9.24. The molecule has 5 heteroatoms. The minimum absolute atomic E-state index is 0.0134. The predicted octanol–water partition coefficient (Wildman–Crippen LogP) is 4.39. The van der Waals surface area contributed by atoms with Crippen molar-refractivity contribution in [2.45, 2.75) is 30.4 Å². The highest BCUT2D eigenvalue weighted by molar-refractivity contribution is 7.98. The predicted molar refractivity (Wildman–Crippen MR) is 94.5 cm³/mol. The lowest BCUT2D eigenvalue weighted by molar-refractivity contribution is 0.0691. The van der Waals surface area contributed by atoms with E-state index in [1.807, 2.05) is 23.1 Å². The SMILES string of the molecule is CC1CCN(C(=O)c2cccc(CSc3cccc(F)c3)n2)CC1. The number of nitrogens with zero attached hydrogens (tertiary/aromatic N) is 2. The number of piperidine rings is 1. The lowest BCUT2D eigenvalue weighted by Crippen LogP contribution is -2.38. The summed E-state index contributed by atoms with van der Waals surface area (Å²) in [7, 11) is 0. The van der Waals surface area contributed by atoms with Gasteiger partial charge in [-0.3, -0.25) is 4.79 Å². The highest BCUT2D eigenvalue weighted by Crippen LogP contribution is 2.23. The summed E-state index contributed by atoms with van der Waals surface area (Å²) in [4.78, 5) is 19.8. The number of amides is 1. The van der Waals surface area contributed by atoms with Gasteiger partial charge in [-0.1, -0.05) is 19.1 Å². The van der Waals surface area contributed by atoms with Gasteiger partial charge in [-0.15, -0.1) is 11.8 Å². The first kappa shape index (κ1) is 17.0. The van der Waals surface area contributed by atoms with Crippen LogP contribution < -0.4 is 0 Å². The molecule has 2 aromatic rings. The van der Waals surface area contributed by atoms with Crippen molar-refractivity contribution in [1.82, 2.24) is 9.88 Å². The van der Waals surface area contributed by atoms with E-state index in [4.69, 9.17) is 0 Å². The molecule has 1 aliphatic heterocycles. The molecular weight excluding hydrogens is 323 g/mol. The Morgan fingerprint density at radius 2 is 2.00 bits per heavy atom. The highest BCUT2D eigenvalue weighted by Gasteiger charge is 2.22. The van der Waals surface area contributed by atoms with Crippen molar-refractivity contribution in [2.24, 2.45) is 5.92 Å². The fourth-order valence-electron chi connectivity index (χ4n) is 2.77. The largest absolute Gasteiger partial charge is 0.337 e. The van der Waals surface area contributed by atoms with Crippen LogP contribution in [0.25, 0.3) is 0 Å². The first-order valence-electron chi connectivity index (χ1n) is 8.25. The smallest absolute Gasteiger partial charge is 0.272 e. The molecule has 0 atom stereocenters. The van der Waals surface area contributed by atoms with Crippen LogP contribution in [0.4, 0.5) is 4.39 Å². The molecule has 3 rings (SSSR count). The van der Waals surface area contributed by atoms with E-state index in [1.54, 1.807) is 12.1 Å². The number of halogens is 1. The number of hydrogen-bond acceptors (Lipinski definition) is 3. The third-order valence-electron chi connectivity index (χ3n) is 4.28. The maximum absolute atomic E-state index is 13.2. The molecule has 1 aliphatic rings. The number of carbonyl (C=O) groups excluding carboxylic acids is 1. The van der Waals surface area contributed by atoms with Gasteiger partial charge in [0.25, 0.3) is 5.91 Å². The molecule has 0 unspecified atom stereocenters. The maximum Gasteiger partial charge on any atom is 0.272 e. The third-order valence-corrected chi connectivity index (χ3v) is 5.31. The lowest BCUT2D eigenvalue weighted by Gasteiger charge is -2.30. The van der Waals surface area contributed by atoms with E-state index in [1.165, 1.54) is 23.9 Å². The van der Waals surface area contributed by atoms with E-state index >= 15 is 0 Å². The van der Waals surface area contributed by atoms with E-state index in [0.717, 1.165) is 36.5 Å². The van der Waals surface area contributed by atoms with Crippen molar-refractivity contribution >= 4 is 17.7 Å². The second-order valence-electron chi connectivity index (χ2n) is 6.23. The topological polar surface area (TPSA) is 33.2 Å². The van der Waals surface area contributed by atoms with Gasteiger partial charge in [-0.25, -0.2) is 9.37 Å². The molecule has 126 valence electrons. The minimum Gasteiger partial charge on any atom is -0.337 e. The number of benzene rings is 1. The molecule has 1 amide bonds. The van der Waals surface area contributed by atoms with Crippen LogP contribution in [0.2, 0.25) is 0 Å². The Balaban J connectivity index is 1.64. The lowest BCUT2D eigenvalue weighted by atomic mass is 9.99. The van der Waals surface area contributed by atoms with Crippen molar-refractivity contribution in [2.75, 3.05) is 13.1 Å². The first-order chi connectivity index (χ1) is 11.6. The Morgan fingerprint density at radius 1 is 1.25 bits per heavy atom. The van der Waals surface area contributed by atoms with Gasteiger partial charge in [0, 0.05) is 23.7 Å². The number of thioether (sulfide) groups is 1. The molecule has 2 heterocycles. The number of pyridine rings is 1. The molecule has 1 aromatic carbocycles. The van der Waals surface area contributed by atoms with Crippen LogP contribution in [-0.4, -0.2) is 28.9 Å². The molecule has 24 heavy (non-hydrogen) atoms. The molecule has 0 bridgehead atoms. The minimum atomic E-state index is -0.240. The molecule has 0 saturated carbocycles. The number of hydrogen-bond donors (Lipinski definition) is 0. The van der Waals surface area contributed by atoms with E-state index in [-0.39, 0.29) is 11.7 Å². The van der Waals surface area contributed by atoms with Crippen molar-refractivity contribution in [3.8, 4) is 0 Å². The zero-order chi connectivity index (χ0) is 16.9. The van der Waals surface area contributed by atoms with Gasteiger partial charge in [-0.05, 0) is 49.1 Å². The van der Waals surface area contributed by atoms with Gasteiger partial charge in [0.2, 0.25) is 0 Å². The molecule has 1 aromatic heterocycles. The second-order valence-corrected chi connectivity index (χ2v) is 7.28. The number of rotatable bonds is 4. The fourth-order valence-corrected chi connectivity index (χ4v) is 3.61. The molecule has 3 nitrogen and oxygen atoms in total. The molecule has 0 N–H and O–H groups in total. The van der Waals surface area contributed by atoms with E-state index in [2.05, 4.69) is 11.9 Å². The van der Waals surface area contributed by atoms with Gasteiger partial charge in [0.1, 0.15) is 11.5 Å². The van der Waals surface area contributed by atoms with Crippen LogP contribution in [0, 0.1) is 11.7 Å². The van der Waals surface area contributed by atoms with E-state index < -0.39 is 0 Å². The Labute approximate surface area is 146 Å². The molecule has 0 aliphatic carbocycles. The summed E-state index contributed by atoms with van der Waals surface area (Å²) >= 11 is 1.52. The van der Waals surface area contributed by atoms with Gasteiger partial charge < -0.3 is 4.90 Å². The summed E-state index contributed by atoms with van der Waals surface area (Å²) in [6.45, 7) is 3.85. The summed E-state index contributed by atoms with van der Waals surface area (Å²) in [6.07, 6.45) is 2.11. The summed E-state index contributed by atoms with van der Waals surface area (Å²) in [6, 6.07) is 12.1. The van der Waals surface area contributed by atoms with Crippen molar-refractivity contribution in [3.63, 3.8) is 0 Å². The van der Waals surface area contributed by atoms with Crippen LogP contribution in [0.3, 0.4) is 0 Å². The summed E-state index contributed by atoms with van der Waals surface area (Å²) in [5.74, 6) is 1.08. The maximum atomic E-state index is 13.2. The standard InChI is InChI=1S/C19H21FN2OS/c1-14-8-10-22(11-9-14)19(23)18-7-3-5-16(21-18)13-24-17-6-2-4-15(20)12-17/h2-7,12,14H,8-11,13H2,1H3. The summed E-state index contributed by atoms with van der Waals surface area (Å²) < 4.78 is 13.2. The zero-order valence-corrected chi connectivity index (χ0v) is 14.6. The van der Waals surface area contributed by atoms with Crippen molar-refractivity contribution < 1.29 is 9.18 Å². The average Bonchev–Trinajstić information content (AvgIpc) is 2.60. The van der Waals surface area contributed by atoms with Gasteiger partial charge in [0.05, 0.1) is 5.69 Å². The monoisotopic (exact) mass is 344 g/mol. The molecular formula is C19H21FN2OS. The molecule has 1 fully saturated rings. The van der Waals surface area contributed by atoms with Gasteiger partial charge >= 0.3 is 0 Å². The Bertz CT molecular complexity index is 714. The third kappa shape index (κ3) is 4.35. The normalized spacial score (nSPS) is 15.5. The average molecular weight is 344 g/mol. The van der Waals surface area contributed by atoms with Crippen LogP contribution in [0.15, 0.2) is 47.4 Å². The number of aromatic nitrogens is 1. The Kier molecular flexibility index (Phi) is 5.51. The molecule has 1 saturated heterocycles. The van der Waals surface area contributed by atoms with Crippen LogP contribution >= 0.6 is 11.8 Å². The van der Waals surface area contributed by atoms with Crippen LogP contribution in [-0.2, 0) is 5.75 Å². The summed E-state index contributed by atoms with van der Waals surface area (Å²) in [5, 5.41) is 0. The van der Waals surface area contributed by atoms with Gasteiger partial charge in [-0.2, -0.15) is 0 Å². The number of carbonyl (C=O) groups is 1. The van der Waals surface area contributed by atoms with E-state index in [9.17, 15) is 9.18 Å². The summed E-state index contributed by atoms with van der Waals surface area (Å²) in [5.41, 5.74) is 1.34. The quantitative estimate of drug-likeness (QED) is 0.772. The Hall–Kier alpha value is -1.88. The van der Waals surface area contributed by atoms with Crippen LogP contribution in [0.5, 0.6) is 0 Å². The van der Waals surface area contributed by atoms with Crippen molar-refractivity contribution in [1.29, 1.82) is 0 Å².